The maximum atomic E-state index is 13.4. The van der Waals surface area contributed by atoms with Crippen molar-refractivity contribution in [3.05, 3.63) is 94.5 Å². The lowest BCUT2D eigenvalue weighted by molar-refractivity contribution is -0.121. The van der Waals surface area contributed by atoms with Gasteiger partial charge < -0.3 is 4.74 Å². The lowest BCUT2D eigenvalue weighted by atomic mass is 9.93. The SMILES string of the molecule is COc1ccc(CN(C)N2C(=O)[C@@H](c3ccccc3)c3ccccc32)c(Cl)c1. The van der Waals surface area contributed by atoms with Crippen molar-refractivity contribution in [3.63, 3.8) is 0 Å². The molecule has 1 aliphatic heterocycles. The summed E-state index contributed by atoms with van der Waals surface area (Å²) >= 11 is 6.41. The van der Waals surface area contributed by atoms with Gasteiger partial charge in [0, 0.05) is 18.6 Å². The smallest absolute Gasteiger partial charge is 0.253 e. The Morgan fingerprint density at radius 2 is 1.75 bits per heavy atom. The van der Waals surface area contributed by atoms with Crippen LogP contribution in [-0.2, 0) is 11.3 Å². The molecule has 1 atom stereocenters. The van der Waals surface area contributed by atoms with Gasteiger partial charge in [0.2, 0.25) is 0 Å². The van der Waals surface area contributed by atoms with Crippen LogP contribution in [0.2, 0.25) is 5.02 Å². The van der Waals surface area contributed by atoms with Crippen LogP contribution in [0.1, 0.15) is 22.6 Å². The molecule has 4 nitrogen and oxygen atoms in total. The number of rotatable bonds is 5. The summed E-state index contributed by atoms with van der Waals surface area (Å²) in [5.41, 5.74) is 3.86. The molecule has 0 fully saturated rings. The Labute approximate surface area is 169 Å². The molecule has 1 amide bonds. The van der Waals surface area contributed by atoms with Crippen LogP contribution in [0.4, 0.5) is 5.69 Å². The van der Waals surface area contributed by atoms with Crippen LogP contribution in [0.5, 0.6) is 5.75 Å². The van der Waals surface area contributed by atoms with Gasteiger partial charge in [-0.1, -0.05) is 66.2 Å². The Hall–Kier alpha value is -2.82. The monoisotopic (exact) mass is 392 g/mol. The summed E-state index contributed by atoms with van der Waals surface area (Å²) in [6, 6.07) is 23.5. The Morgan fingerprint density at radius 3 is 2.46 bits per heavy atom. The van der Waals surface area contributed by atoms with E-state index in [1.807, 2.05) is 78.8 Å². The molecule has 0 radical (unpaired) electrons. The molecule has 3 aromatic carbocycles. The number of fused-ring (bicyclic) bond motifs is 1. The van der Waals surface area contributed by atoms with Crippen molar-refractivity contribution in [2.24, 2.45) is 0 Å². The number of anilines is 1. The number of amides is 1. The van der Waals surface area contributed by atoms with Crippen LogP contribution in [-0.4, -0.2) is 25.1 Å². The molecule has 0 N–H and O–H groups in total. The molecule has 28 heavy (non-hydrogen) atoms. The van der Waals surface area contributed by atoms with Crippen molar-refractivity contribution in [2.45, 2.75) is 12.5 Å². The van der Waals surface area contributed by atoms with Gasteiger partial charge in [0.1, 0.15) is 5.75 Å². The molecule has 0 saturated carbocycles. The largest absolute Gasteiger partial charge is 0.497 e. The van der Waals surface area contributed by atoms with E-state index in [-0.39, 0.29) is 11.8 Å². The molecule has 1 aliphatic rings. The van der Waals surface area contributed by atoms with E-state index < -0.39 is 0 Å². The van der Waals surface area contributed by atoms with Gasteiger partial charge in [-0.05, 0) is 34.9 Å². The van der Waals surface area contributed by atoms with Gasteiger partial charge in [0.15, 0.2) is 0 Å². The molecule has 3 aromatic rings. The normalized spacial score (nSPS) is 15.8. The zero-order valence-corrected chi connectivity index (χ0v) is 16.6. The van der Waals surface area contributed by atoms with E-state index >= 15 is 0 Å². The molecular weight excluding hydrogens is 372 g/mol. The number of carbonyl (C=O) groups excluding carboxylic acids is 1. The molecule has 0 unspecified atom stereocenters. The third-order valence-electron chi connectivity index (χ3n) is 5.07. The number of nitrogens with zero attached hydrogens (tertiary/aromatic N) is 2. The van der Waals surface area contributed by atoms with E-state index in [0.717, 1.165) is 22.4 Å². The fraction of sp³-hybridized carbons (Fsp3) is 0.174. The first-order valence-electron chi connectivity index (χ1n) is 9.11. The second-order valence-electron chi connectivity index (χ2n) is 6.83. The van der Waals surface area contributed by atoms with Gasteiger partial charge in [-0.3, -0.25) is 4.79 Å². The molecule has 142 valence electrons. The summed E-state index contributed by atoms with van der Waals surface area (Å²) in [6.45, 7) is 0.504. The predicted molar refractivity (Wildman–Crippen MR) is 112 cm³/mol. The quantitative estimate of drug-likeness (QED) is 0.620. The number of para-hydroxylation sites is 1. The number of methoxy groups -OCH3 is 1. The fourth-order valence-corrected chi connectivity index (χ4v) is 3.95. The highest BCUT2D eigenvalue weighted by Crippen LogP contribution is 2.42. The van der Waals surface area contributed by atoms with E-state index in [1.54, 1.807) is 18.2 Å². The zero-order valence-electron chi connectivity index (χ0n) is 15.8. The third kappa shape index (κ3) is 3.26. The number of halogens is 1. The molecule has 5 heteroatoms. The van der Waals surface area contributed by atoms with E-state index in [4.69, 9.17) is 16.3 Å². The van der Waals surface area contributed by atoms with Gasteiger partial charge in [0.05, 0.1) is 18.7 Å². The second kappa shape index (κ2) is 7.66. The molecule has 0 saturated heterocycles. The summed E-state index contributed by atoms with van der Waals surface area (Å²) in [5, 5.41) is 4.29. The first-order valence-corrected chi connectivity index (χ1v) is 9.49. The first kappa shape index (κ1) is 18.5. The Balaban J connectivity index is 1.67. The number of hydrazine groups is 1. The van der Waals surface area contributed by atoms with Crippen LogP contribution >= 0.6 is 11.6 Å². The Bertz CT molecular complexity index is 1010. The van der Waals surface area contributed by atoms with Gasteiger partial charge >= 0.3 is 0 Å². The number of ether oxygens (including phenoxy) is 1. The fourth-order valence-electron chi connectivity index (χ4n) is 3.72. The minimum absolute atomic E-state index is 0.0412. The van der Waals surface area contributed by atoms with Crippen LogP contribution in [0.25, 0.3) is 0 Å². The minimum Gasteiger partial charge on any atom is -0.497 e. The highest BCUT2D eigenvalue weighted by atomic mass is 35.5. The van der Waals surface area contributed by atoms with Crippen LogP contribution in [0.15, 0.2) is 72.8 Å². The van der Waals surface area contributed by atoms with Gasteiger partial charge in [-0.2, -0.15) is 0 Å². The summed E-state index contributed by atoms with van der Waals surface area (Å²) in [6.07, 6.45) is 0. The molecule has 0 aliphatic carbocycles. The summed E-state index contributed by atoms with van der Waals surface area (Å²) < 4.78 is 5.22. The van der Waals surface area contributed by atoms with E-state index in [9.17, 15) is 4.79 Å². The summed E-state index contributed by atoms with van der Waals surface area (Å²) in [7, 11) is 3.52. The number of carbonyl (C=O) groups is 1. The van der Waals surface area contributed by atoms with Crippen molar-refractivity contribution in [2.75, 3.05) is 19.2 Å². The van der Waals surface area contributed by atoms with E-state index in [2.05, 4.69) is 0 Å². The maximum Gasteiger partial charge on any atom is 0.253 e. The lowest BCUT2D eigenvalue weighted by Crippen LogP contribution is -2.42. The highest BCUT2D eigenvalue weighted by Gasteiger charge is 2.40. The van der Waals surface area contributed by atoms with Crippen molar-refractivity contribution in [3.8, 4) is 5.75 Å². The Kier molecular flexibility index (Phi) is 5.07. The first-order chi connectivity index (χ1) is 13.6. The molecule has 0 spiro atoms. The number of hydrogen-bond acceptors (Lipinski definition) is 3. The number of hydrogen-bond donors (Lipinski definition) is 0. The second-order valence-corrected chi connectivity index (χ2v) is 7.23. The van der Waals surface area contributed by atoms with Gasteiger partial charge in [-0.15, -0.1) is 0 Å². The maximum absolute atomic E-state index is 13.4. The van der Waals surface area contributed by atoms with Gasteiger partial charge in [-0.25, -0.2) is 10.0 Å². The van der Waals surface area contributed by atoms with Crippen molar-refractivity contribution >= 4 is 23.2 Å². The van der Waals surface area contributed by atoms with E-state index in [0.29, 0.717) is 17.3 Å². The predicted octanol–water partition coefficient (Wildman–Crippen LogP) is 4.87. The van der Waals surface area contributed by atoms with Crippen molar-refractivity contribution < 1.29 is 9.53 Å². The average molecular weight is 393 g/mol. The van der Waals surface area contributed by atoms with Gasteiger partial charge in [0.25, 0.3) is 5.91 Å². The molecular formula is C23H21ClN2O2. The molecule has 0 bridgehead atoms. The molecule has 1 heterocycles. The lowest BCUT2D eigenvalue weighted by Gasteiger charge is -2.29. The van der Waals surface area contributed by atoms with Crippen molar-refractivity contribution in [1.29, 1.82) is 0 Å². The van der Waals surface area contributed by atoms with E-state index in [1.165, 1.54) is 0 Å². The summed E-state index contributed by atoms with van der Waals surface area (Å²) in [5.74, 6) is 0.453. The average Bonchev–Trinajstić information content (AvgIpc) is 3.02. The van der Waals surface area contributed by atoms with Crippen molar-refractivity contribution in [1.82, 2.24) is 5.01 Å². The number of benzene rings is 3. The minimum atomic E-state index is -0.300. The van der Waals surface area contributed by atoms with Crippen LogP contribution in [0, 0.1) is 0 Å². The summed E-state index contributed by atoms with van der Waals surface area (Å²) in [4.78, 5) is 13.4. The van der Waals surface area contributed by atoms with Crippen LogP contribution in [0.3, 0.4) is 0 Å². The topological polar surface area (TPSA) is 32.8 Å². The molecule has 0 aromatic heterocycles. The zero-order chi connectivity index (χ0) is 19.7. The van der Waals surface area contributed by atoms with Crippen LogP contribution < -0.4 is 9.75 Å². The molecule has 4 rings (SSSR count). The standard InChI is InChI=1S/C23H21ClN2O2/c1-25(15-17-12-13-18(28-2)14-20(17)24)26-21-11-7-6-10-19(21)22(23(26)27)16-8-4-3-5-9-16/h3-14,22H,15H2,1-2H3/t22-/m0/s1. The third-order valence-corrected chi connectivity index (χ3v) is 5.42. The Morgan fingerprint density at radius 1 is 1.04 bits per heavy atom. The highest BCUT2D eigenvalue weighted by molar-refractivity contribution is 6.31.